The van der Waals surface area contributed by atoms with Crippen LogP contribution in [0.2, 0.25) is 0 Å². The number of benzene rings is 4. The van der Waals surface area contributed by atoms with Crippen molar-refractivity contribution in [3.63, 3.8) is 0 Å². The maximum absolute atomic E-state index is 13.1. The molecule has 42 heavy (non-hydrogen) atoms. The zero-order valence-corrected chi connectivity index (χ0v) is 23.6. The first kappa shape index (κ1) is 28.5. The molecule has 0 radical (unpaired) electrons. The van der Waals surface area contributed by atoms with Crippen molar-refractivity contribution in [1.29, 1.82) is 0 Å². The highest BCUT2D eigenvalue weighted by atomic mass is 32.2. The lowest BCUT2D eigenvalue weighted by molar-refractivity contribution is -0.384. The van der Waals surface area contributed by atoms with Gasteiger partial charge in [0.15, 0.2) is 5.13 Å². The first-order chi connectivity index (χ1) is 20.2. The lowest BCUT2D eigenvalue weighted by Crippen LogP contribution is -2.22. The summed E-state index contributed by atoms with van der Waals surface area (Å²) in [7, 11) is 0. The molecule has 3 N–H and O–H groups in total. The van der Waals surface area contributed by atoms with Crippen LogP contribution in [0, 0.1) is 10.1 Å². The maximum atomic E-state index is 13.1. The molecule has 1 heterocycles. The van der Waals surface area contributed by atoms with Crippen LogP contribution in [0.25, 0.3) is 22.0 Å². The third-order valence-corrected chi connectivity index (χ3v) is 8.13. The number of aromatic carboxylic acids is 1. The Morgan fingerprint density at radius 1 is 0.952 bits per heavy atom. The molecule has 4 aromatic carbocycles. The second-order valence-corrected chi connectivity index (χ2v) is 11.4. The highest BCUT2D eigenvalue weighted by Gasteiger charge is 2.19. The number of carboxylic acid groups (broad SMARTS) is 1. The van der Waals surface area contributed by atoms with Gasteiger partial charge in [-0.15, -0.1) is 23.1 Å². The Morgan fingerprint density at radius 3 is 2.33 bits per heavy atom. The number of carbonyl (C=O) groups is 3. The second-order valence-electron chi connectivity index (χ2n) is 9.09. The number of aromatic nitrogens is 1. The first-order valence-electron chi connectivity index (χ1n) is 12.5. The van der Waals surface area contributed by atoms with Crippen molar-refractivity contribution in [1.82, 2.24) is 4.98 Å². The van der Waals surface area contributed by atoms with Crippen molar-refractivity contribution in [2.45, 2.75) is 17.1 Å². The number of carboxylic acids is 1. The monoisotopic (exact) mass is 598 g/mol. The average Bonchev–Trinajstić information content (AvgIpc) is 3.46. The van der Waals surface area contributed by atoms with E-state index in [2.05, 4.69) is 15.6 Å². The number of anilines is 2. The van der Waals surface area contributed by atoms with Gasteiger partial charge in [0.25, 0.3) is 11.6 Å². The summed E-state index contributed by atoms with van der Waals surface area (Å²) in [5.74, 6) is -1.81. The Labute approximate surface area is 247 Å². The predicted molar refractivity (Wildman–Crippen MR) is 163 cm³/mol. The van der Waals surface area contributed by atoms with Gasteiger partial charge >= 0.3 is 5.97 Å². The van der Waals surface area contributed by atoms with Crippen LogP contribution in [-0.2, 0) is 4.79 Å². The predicted octanol–water partition coefficient (Wildman–Crippen LogP) is 6.94. The number of fused-ring (bicyclic) bond motifs is 1. The molecule has 0 aliphatic heterocycles. The molecule has 0 bridgehead atoms. The molecule has 0 aliphatic rings. The minimum atomic E-state index is -1.11. The number of non-ortho nitro benzene ring substituents is 1. The fraction of sp³-hybridized carbons (Fsp3) is 0.0667. The first-order valence-corrected chi connectivity index (χ1v) is 14.3. The van der Waals surface area contributed by atoms with E-state index >= 15 is 0 Å². The van der Waals surface area contributed by atoms with Crippen LogP contribution in [0.3, 0.4) is 0 Å². The Morgan fingerprint density at radius 2 is 1.64 bits per heavy atom. The molecular weight excluding hydrogens is 576 g/mol. The normalized spacial score (nSPS) is 11.5. The number of thioether (sulfide) groups is 1. The molecule has 5 rings (SSSR count). The summed E-state index contributed by atoms with van der Waals surface area (Å²) in [4.78, 5) is 53.4. The van der Waals surface area contributed by atoms with Gasteiger partial charge in [0.2, 0.25) is 5.91 Å². The van der Waals surface area contributed by atoms with Gasteiger partial charge in [0, 0.05) is 44.6 Å². The molecule has 5 aromatic rings. The van der Waals surface area contributed by atoms with Crippen molar-refractivity contribution in [3.05, 3.63) is 112 Å². The van der Waals surface area contributed by atoms with E-state index < -0.39 is 22.0 Å². The van der Waals surface area contributed by atoms with Gasteiger partial charge in [0.1, 0.15) is 0 Å². The zero-order chi connectivity index (χ0) is 29.8. The Bertz CT molecular complexity index is 1830. The van der Waals surface area contributed by atoms with Gasteiger partial charge in [-0.25, -0.2) is 9.78 Å². The van der Waals surface area contributed by atoms with Crippen LogP contribution in [0.1, 0.15) is 27.6 Å². The fourth-order valence-electron chi connectivity index (χ4n) is 4.23. The van der Waals surface area contributed by atoms with Crippen molar-refractivity contribution in [2.24, 2.45) is 0 Å². The smallest absolute Gasteiger partial charge is 0.336 e. The van der Waals surface area contributed by atoms with E-state index in [1.54, 1.807) is 79.0 Å². The standard InChI is InChI=1S/C30H22N4O6S2/c1-17(27(35)33-30-32-25(16-41-30)19-7-2-8-21(15-19)34(39)40)42-22-13-11-20(12-14-22)31-28(36)23-9-3-5-18-6-4-10-24(26(18)23)29(37)38/h2-17H,1H3,(H,31,36)(H,37,38)(H,32,33,35). The summed E-state index contributed by atoms with van der Waals surface area (Å²) >= 11 is 2.55. The molecule has 10 nitrogen and oxygen atoms in total. The maximum Gasteiger partial charge on any atom is 0.336 e. The van der Waals surface area contributed by atoms with E-state index in [0.29, 0.717) is 32.8 Å². The van der Waals surface area contributed by atoms with Crippen molar-refractivity contribution in [3.8, 4) is 11.3 Å². The summed E-state index contributed by atoms with van der Waals surface area (Å²) in [5.41, 5.74) is 1.89. The lowest BCUT2D eigenvalue weighted by atomic mass is 9.98. The van der Waals surface area contributed by atoms with E-state index in [1.807, 2.05) is 0 Å². The number of nitro benzene ring substituents is 1. The van der Waals surface area contributed by atoms with E-state index in [9.17, 15) is 29.6 Å². The summed E-state index contributed by atoms with van der Waals surface area (Å²) in [6.07, 6.45) is 0. The Hall–Kier alpha value is -5.07. The molecule has 0 saturated heterocycles. The van der Waals surface area contributed by atoms with Crippen molar-refractivity contribution >= 4 is 68.2 Å². The van der Waals surface area contributed by atoms with E-state index in [-0.39, 0.29) is 22.7 Å². The summed E-state index contributed by atoms with van der Waals surface area (Å²) < 4.78 is 0. The van der Waals surface area contributed by atoms with Crippen LogP contribution in [0.15, 0.2) is 95.2 Å². The second kappa shape index (κ2) is 12.2. The summed E-state index contributed by atoms with van der Waals surface area (Å²) in [5, 5.41) is 28.9. The molecule has 0 spiro atoms. The third-order valence-electron chi connectivity index (χ3n) is 6.26. The molecule has 12 heteroatoms. The zero-order valence-electron chi connectivity index (χ0n) is 21.9. The van der Waals surface area contributed by atoms with Crippen molar-refractivity contribution in [2.75, 3.05) is 10.6 Å². The number of rotatable bonds is 9. The fourth-order valence-corrected chi connectivity index (χ4v) is 5.82. The van der Waals surface area contributed by atoms with Gasteiger partial charge < -0.3 is 15.7 Å². The molecule has 1 aromatic heterocycles. The molecule has 1 unspecified atom stereocenters. The van der Waals surface area contributed by atoms with E-state index in [1.165, 1.54) is 41.3 Å². The number of carbonyl (C=O) groups excluding carboxylic acids is 2. The summed E-state index contributed by atoms with van der Waals surface area (Å²) in [6, 6.07) is 23.0. The molecule has 0 aliphatic carbocycles. The molecule has 0 fully saturated rings. The van der Waals surface area contributed by atoms with Crippen LogP contribution >= 0.6 is 23.1 Å². The quantitative estimate of drug-likeness (QED) is 0.0937. The van der Waals surface area contributed by atoms with Gasteiger partial charge in [-0.3, -0.25) is 19.7 Å². The number of nitro groups is 1. The Kier molecular flexibility index (Phi) is 8.27. The highest BCUT2D eigenvalue weighted by molar-refractivity contribution is 8.00. The highest BCUT2D eigenvalue weighted by Crippen LogP contribution is 2.30. The number of nitrogens with zero attached hydrogens (tertiary/aromatic N) is 2. The number of amides is 2. The van der Waals surface area contributed by atoms with Gasteiger partial charge in [-0.05, 0) is 48.7 Å². The summed E-state index contributed by atoms with van der Waals surface area (Å²) in [6.45, 7) is 1.76. The van der Waals surface area contributed by atoms with Crippen molar-refractivity contribution < 1.29 is 24.4 Å². The average molecular weight is 599 g/mol. The molecule has 1 atom stereocenters. The number of hydrogen-bond donors (Lipinski definition) is 3. The SMILES string of the molecule is CC(Sc1ccc(NC(=O)c2cccc3cccc(C(=O)O)c23)cc1)C(=O)Nc1nc(-c2cccc([N+](=O)[O-])c2)cs1. The van der Waals surface area contributed by atoms with Gasteiger partial charge in [0.05, 0.1) is 21.4 Å². The largest absolute Gasteiger partial charge is 0.478 e. The topological polar surface area (TPSA) is 152 Å². The lowest BCUT2D eigenvalue weighted by Gasteiger charge is -2.12. The number of thiazole rings is 1. The van der Waals surface area contributed by atoms with E-state index in [4.69, 9.17) is 0 Å². The van der Waals surface area contributed by atoms with Crippen LogP contribution < -0.4 is 10.6 Å². The van der Waals surface area contributed by atoms with Crippen LogP contribution in [0.4, 0.5) is 16.5 Å². The Balaban J connectivity index is 1.21. The third kappa shape index (κ3) is 6.29. The number of hydrogen-bond acceptors (Lipinski definition) is 8. The van der Waals surface area contributed by atoms with E-state index in [0.717, 1.165) is 4.90 Å². The molecule has 210 valence electrons. The molecule has 2 amide bonds. The van der Waals surface area contributed by atoms with Gasteiger partial charge in [-0.2, -0.15) is 0 Å². The minimum Gasteiger partial charge on any atom is -0.478 e. The van der Waals surface area contributed by atoms with Crippen LogP contribution in [-0.4, -0.2) is 38.0 Å². The molecular formula is C30H22N4O6S2. The minimum absolute atomic E-state index is 0.0393. The van der Waals surface area contributed by atoms with Crippen LogP contribution in [0.5, 0.6) is 0 Å². The molecule has 0 saturated carbocycles. The van der Waals surface area contributed by atoms with Gasteiger partial charge in [-0.1, -0.05) is 36.4 Å². The number of nitrogens with one attached hydrogen (secondary N) is 2.